The quantitative estimate of drug-likeness (QED) is 0.542. The van der Waals surface area contributed by atoms with Crippen molar-refractivity contribution in [2.45, 2.75) is 25.1 Å². The van der Waals surface area contributed by atoms with Crippen molar-refractivity contribution in [2.75, 3.05) is 36.0 Å². The Morgan fingerprint density at radius 2 is 1.76 bits per heavy atom. The Kier molecular flexibility index (Phi) is 6.79. The second kappa shape index (κ2) is 10.2. The van der Waals surface area contributed by atoms with E-state index in [1.165, 1.54) is 12.1 Å². The maximum atomic E-state index is 13.5. The van der Waals surface area contributed by atoms with Crippen molar-refractivity contribution in [3.8, 4) is 6.07 Å². The molecule has 2 heterocycles. The van der Waals surface area contributed by atoms with Gasteiger partial charge < -0.3 is 15.1 Å². The summed E-state index contributed by atoms with van der Waals surface area (Å²) >= 11 is 0. The average molecular weight is 505 g/mol. The van der Waals surface area contributed by atoms with E-state index < -0.39 is 17.7 Å². The summed E-state index contributed by atoms with van der Waals surface area (Å²) in [5.74, 6) is -0.687. The van der Waals surface area contributed by atoms with Gasteiger partial charge in [-0.3, -0.25) is 4.79 Å². The van der Waals surface area contributed by atoms with E-state index >= 15 is 0 Å². The zero-order chi connectivity index (χ0) is 26.0. The second-order valence-corrected chi connectivity index (χ2v) is 9.51. The summed E-state index contributed by atoms with van der Waals surface area (Å²) in [6.45, 7) is 2.08. The SMILES string of the molecule is N#Cc1ccccc1N1CCN2c3ccc(C(F)(F)F)cc3CC(C(=O)NCCc3ccccc3)C2C1. The fourth-order valence-corrected chi connectivity index (χ4v) is 5.47. The molecule has 2 aliphatic heterocycles. The molecule has 8 heteroatoms. The molecule has 37 heavy (non-hydrogen) atoms. The highest BCUT2D eigenvalue weighted by Gasteiger charge is 2.43. The van der Waals surface area contributed by atoms with E-state index in [0.717, 1.165) is 23.0 Å². The van der Waals surface area contributed by atoms with Gasteiger partial charge in [-0.1, -0.05) is 42.5 Å². The van der Waals surface area contributed by atoms with Gasteiger partial charge in [0.25, 0.3) is 0 Å². The van der Waals surface area contributed by atoms with Gasteiger partial charge in [-0.15, -0.1) is 0 Å². The largest absolute Gasteiger partial charge is 0.416 e. The molecule has 1 fully saturated rings. The highest BCUT2D eigenvalue weighted by atomic mass is 19.4. The minimum Gasteiger partial charge on any atom is -0.367 e. The van der Waals surface area contributed by atoms with Crippen LogP contribution in [0.2, 0.25) is 0 Å². The molecule has 2 aliphatic rings. The van der Waals surface area contributed by atoms with E-state index in [9.17, 15) is 23.2 Å². The van der Waals surface area contributed by atoms with E-state index in [2.05, 4.69) is 21.2 Å². The molecule has 0 aromatic heterocycles. The minimum atomic E-state index is -4.45. The van der Waals surface area contributed by atoms with E-state index in [0.29, 0.717) is 43.7 Å². The third-order valence-corrected chi connectivity index (χ3v) is 7.30. The number of alkyl halides is 3. The number of nitrogens with one attached hydrogen (secondary N) is 1. The fraction of sp³-hybridized carbons (Fsp3) is 0.310. The molecule has 3 aromatic carbocycles. The zero-order valence-corrected chi connectivity index (χ0v) is 20.2. The predicted molar refractivity (Wildman–Crippen MR) is 136 cm³/mol. The number of benzene rings is 3. The van der Waals surface area contributed by atoms with Crippen LogP contribution < -0.4 is 15.1 Å². The standard InChI is InChI=1S/C29H27F3N4O/c30-29(31,32)23-10-11-26-22(16-23)17-24(28(37)34-13-12-20-6-2-1-3-7-20)27-19-35(14-15-36(26)27)25-9-5-4-8-21(25)18-33/h1-11,16,24,27H,12-15,17,19H2,(H,34,37). The summed E-state index contributed by atoms with van der Waals surface area (Å²) in [4.78, 5) is 17.7. The molecule has 0 radical (unpaired) electrons. The Morgan fingerprint density at radius 1 is 1.00 bits per heavy atom. The summed E-state index contributed by atoms with van der Waals surface area (Å²) in [5, 5.41) is 12.6. The van der Waals surface area contributed by atoms with E-state index in [1.807, 2.05) is 48.5 Å². The molecule has 2 unspecified atom stereocenters. The van der Waals surface area contributed by atoms with Gasteiger partial charge in [0, 0.05) is 31.9 Å². The molecular weight excluding hydrogens is 477 g/mol. The molecular formula is C29H27F3N4O. The van der Waals surface area contributed by atoms with Crippen molar-refractivity contribution in [2.24, 2.45) is 5.92 Å². The number of amides is 1. The van der Waals surface area contributed by atoms with E-state index in [-0.39, 0.29) is 18.4 Å². The normalized spacial score (nSPS) is 19.0. The third kappa shape index (κ3) is 5.12. The molecule has 0 aliphatic carbocycles. The van der Waals surface area contributed by atoms with Crippen molar-refractivity contribution in [3.05, 3.63) is 95.1 Å². The Labute approximate surface area is 214 Å². The number of anilines is 2. The van der Waals surface area contributed by atoms with Crippen LogP contribution in [0.4, 0.5) is 24.5 Å². The number of piperazine rings is 1. The van der Waals surface area contributed by atoms with Crippen molar-refractivity contribution >= 4 is 17.3 Å². The molecule has 3 aromatic rings. The Hall–Kier alpha value is -3.99. The summed E-state index contributed by atoms with van der Waals surface area (Å²) in [5.41, 5.74) is 3.07. The fourth-order valence-electron chi connectivity index (χ4n) is 5.47. The number of hydrogen-bond donors (Lipinski definition) is 1. The molecule has 5 nitrogen and oxygen atoms in total. The van der Waals surface area contributed by atoms with Gasteiger partial charge in [0.2, 0.25) is 5.91 Å². The van der Waals surface area contributed by atoms with E-state index in [4.69, 9.17) is 0 Å². The maximum Gasteiger partial charge on any atom is 0.416 e. The summed E-state index contributed by atoms with van der Waals surface area (Å²) < 4.78 is 40.4. The number of rotatable bonds is 5. The lowest BCUT2D eigenvalue weighted by Crippen LogP contribution is -2.61. The van der Waals surface area contributed by atoms with E-state index in [1.54, 1.807) is 6.07 Å². The number of carbonyl (C=O) groups is 1. The second-order valence-electron chi connectivity index (χ2n) is 9.51. The van der Waals surface area contributed by atoms with Crippen LogP contribution in [0.25, 0.3) is 0 Å². The molecule has 5 rings (SSSR count). The van der Waals surface area contributed by atoms with Crippen molar-refractivity contribution < 1.29 is 18.0 Å². The number of carbonyl (C=O) groups excluding carboxylic acids is 1. The van der Waals surface area contributed by atoms with Crippen molar-refractivity contribution in [1.82, 2.24) is 5.32 Å². The van der Waals surface area contributed by atoms with Crippen LogP contribution in [-0.4, -0.2) is 38.1 Å². The average Bonchev–Trinajstić information content (AvgIpc) is 2.92. The van der Waals surface area contributed by atoms with Crippen molar-refractivity contribution in [1.29, 1.82) is 5.26 Å². The number of nitrogens with zero attached hydrogens (tertiary/aromatic N) is 3. The van der Waals surface area contributed by atoms with Gasteiger partial charge in [0.05, 0.1) is 28.8 Å². The van der Waals surface area contributed by atoms with Gasteiger partial charge in [-0.2, -0.15) is 18.4 Å². The first-order chi connectivity index (χ1) is 17.8. The minimum absolute atomic E-state index is 0.163. The first-order valence-corrected chi connectivity index (χ1v) is 12.4. The van der Waals surface area contributed by atoms with Crippen LogP contribution in [0.1, 0.15) is 22.3 Å². The number of hydrogen-bond acceptors (Lipinski definition) is 4. The van der Waals surface area contributed by atoms with Gasteiger partial charge in [0.1, 0.15) is 6.07 Å². The summed E-state index contributed by atoms with van der Waals surface area (Å²) in [6.07, 6.45) is -3.55. The lowest BCUT2D eigenvalue weighted by atomic mass is 9.82. The van der Waals surface area contributed by atoms with Crippen LogP contribution >= 0.6 is 0 Å². The predicted octanol–water partition coefficient (Wildman–Crippen LogP) is 4.80. The van der Waals surface area contributed by atoms with Gasteiger partial charge in [0.15, 0.2) is 0 Å². The highest BCUT2D eigenvalue weighted by Crippen LogP contribution is 2.40. The smallest absolute Gasteiger partial charge is 0.367 e. The summed E-state index contributed by atoms with van der Waals surface area (Å²) in [7, 11) is 0. The number of halogens is 3. The monoisotopic (exact) mass is 504 g/mol. The van der Waals surface area contributed by atoms with Crippen LogP contribution in [0.5, 0.6) is 0 Å². The Balaban J connectivity index is 1.42. The maximum absolute atomic E-state index is 13.5. The molecule has 1 amide bonds. The molecule has 0 bridgehead atoms. The lowest BCUT2D eigenvalue weighted by Gasteiger charge is -2.49. The molecule has 1 saturated heterocycles. The van der Waals surface area contributed by atoms with Crippen LogP contribution in [-0.2, 0) is 23.8 Å². The first kappa shape index (κ1) is 24.7. The molecule has 2 atom stereocenters. The molecule has 0 spiro atoms. The molecule has 0 saturated carbocycles. The topological polar surface area (TPSA) is 59.4 Å². The Bertz CT molecular complexity index is 1320. The lowest BCUT2D eigenvalue weighted by molar-refractivity contribution is -0.137. The van der Waals surface area contributed by atoms with Gasteiger partial charge in [-0.25, -0.2) is 0 Å². The third-order valence-electron chi connectivity index (χ3n) is 7.30. The van der Waals surface area contributed by atoms with Crippen LogP contribution in [0.3, 0.4) is 0 Å². The Morgan fingerprint density at radius 3 is 2.51 bits per heavy atom. The van der Waals surface area contributed by atoms with Crippen molar-refractivity contribution in [3.63, 3.8) is 0 Å². The molecule has 1 N–H and O–H groups in total. The summed E-state index contributed by atoms with van der Waals surface area (Å²) in [6, 6.07) is 23.0. The van der Waals surface area contributed by atoms with Crippen LogP contribution in [0, 0.1) is 17.2 Å². The highest BCUT2D eigenvalue weighted by molar-refractivity contribution is 5.82. The number of fused-ring (bicyclic) bond motifs is 3. The van der Waals surface area contributed by atoms with Crippen LogP contribution in [0.15, 0.2) is 72.8 Å². The first-order valence-electron chi connectivity index (χ1n) is 12.4. The number of para-hydroxylation sites is 1. The zero-order valence-electron chi connectivity index (χ0n) is 20.2. The van der Waals surface area contributed by atoms with Gasteiger partial charge in [-0.05, 0) is 54.3 Å². The van der Waals surface area contributed by atoms with Gasteiger partial charge >= 0.3 is 6.18 Å². The number of nitriles is 1. The molecule has 190 valence electrons.